The van der Waals surface area contributed by atoms with E-state index in [2.05, 4.69) is 10.2 Å². The van der Waals surface area contributed by atoms with Crippen molar-refractivity contribution in [2.24, 2.45) is 0 Å². The number of carbonyl (C=O) groups excluding carboxylic acids is 1. The molecule has 0 radical (unpaired) electrons. The summed E-state index contributed by atoms with van der Waals surface area (Å²) in [6, 6.07) is 14.4. The normalized spacial score (nSPS) is 16.4. The zero-order chi connectivity index (χ0) is 19.1. The van der Waals surface area contributed by atoms with Gasteiger partial charge < -0.3 is 10.1 Å². The molecular formula is C22H25FN2O2. The Hall–Kier alpha value is -2.50. The van der Waals surface area contributed by atoms with Crippen molar-refractivity contribution in [3.05, 3.63) is 77.1 Å². The van der Waals surface area contributed by atoms with Gasteiger partial charge in [0.15, 0.2) is 0 Å². The van der Waals surface area contributed by atoms with Crippen LogP contribution in [0.15, 0.2) is 54.6 Å². The number of aryl methyl sites for hydroxylation is 1. The Balaban J connectivity index is 1.70. The maximum absolute atomic E-state index is 13.7. The molecule has 5 heteroatoms. The molecule has 1 N–H and O–H groups in total. The van der Waals surface area contributed by atoms with Crippen LogP contribution in [-0.2, 0) is 9.53 Å². The average molecular weight is 368 g/mol. The topological polar surface area (TPSA) is 41.6 Å². The summed E-state index contributed by atoms with van der Waals surface area (Å²) in [4.78, 5) is 14.7. The van der Waals surface area contributed by atoms with Gasteiger partial charge in [0.05, 0.1) is 19.3 Å². The van der Waals surface area contributed by atoms with Gasteiger partial charge in [0, 0.05) is 31.3 Å². The number of nitrogens with one attached hydrogen (secondary N) is 1. The van der Waals surface area contributed by atoms with Crippen molar-refractivity contribution in [1.82, 2.24) is 10.2 Å². The third-order valence-electron chi connectivity index (χ3n) is 4.66. The molecule has 1 aliphatic heterocycles. The van der Waals surface area contributed by atoms with Crippen LogP contribution in [0.1, 0.15) is 22.7 Å². The fraction of sp³-hybridized carbons (Fsp3) is 0.318. The predicted octanol–water partition coefficient (Wildman–Crippen LogP) is 3.34. The smallest absolute Gasteiger partial charge is 0.244 e. The summed E-state index contributed by atoms with van der Waals surface area (Å²) >= 11 is 0. The van der Waals surface area contributed by atoms with Crippen molar-refractivity contribution < 1.29 is 13.9 Å². The first kappa shape index (κ1) is 19.3. The third-order valence-corrected chi connectivity index (χ3v) is 4.66. The summed E-state index contributed by atoms with van der Waals surface area (Å²) in [6.45, 7) is 5.87. The quantitative estimate of drug-likeness (QED) is 0.795. The fourth-order valence-electron chi connectivity index (χ4n) is 3.07. The van der Waals surface area contributed by atoms with E-state index in [1.807, 2.05) is 31.2 Å². The fourth-order valence-corrected chi connectivity index (χ4v) is 3.07. The second-order valence-electron chi connectivity index (χ2n) is 6.74. The molecule has 0 aliphatic carbocycles. The molecule has 142 valence electrons. The Morgan fingerprint density at radius 2 is 1.89 bits per heavy atom. The summed E-state index contributed by atoms with van der Waals surface area (Å²) < 4.78 is 19.1. The lowest BCUT2D eigenvalue weighted by Gasteiger charge is -2.31. The Kier molecular flexibility index (Phi) is 6.74. The molecule has 1 atom stereocenters. The molecule has 2 aromatic carbocycles. The number of rotatable bonds is 6. The number of amides is 1. The van der Waals surface area contributed by atoms with E-state index in [-0.39, 0.29) is 17.8 Å². The minimum absolute atomic E-state index is 0.138. The minimum Gasteiger partial charge on any atom is -0.379 e. The number of benzene rings is 2. The first-order valence-corrected chi connectivity index (χ1v) is 9.21. The number of nitrogens with zero attached hydrogens (tertiary/aromatic N) is 1. The molecule has 0 unspecified atom stereocenters. The van der Waals surface area contributed by atoms with Crippen LogP contribution < -0.4 is 5.32 Å². The molecule has 1 amide bonds. The average Bonchev–Trinajstić information content (AvgIpc) is 2.68. The first-order chi connectivity index (χ1) is 13.1. The first-order valence-electron chi connectivity index (χ1n) is 9.21. The lowest BCUT2D eigenvalue weighted by Crippen LogP contribution is -2.42. The lowest BCUT2D eigenvalue weighted by atomic mass is 10.0. The van der Waals surface area contributed by atoms with Crippen LogP contribution in [0.5, 0.6) is 0 Å². The van der Waals surface area contributed by atoms with Crippen molar-refractivity contribution in [2.45, 2.75) is 13.0 Å². The molecule has 27 heavy (non-hydrogen) atoms. The van der Waals surface area contributed by atoms with E-state index < -0.39 is 0 Å². The van der Waals surface area contributed by atoms with Crippen molar-refractivity contribution >= 4 is 12.0 Å². The molecule has 1 saturated heterocycles. The minimum atomic E-state index is -0.343. The van der Waals surface area contributed by atoms with Gasteiger partial charge in [-0.2, -0.15) is 0 Å². The maximum atomic E-state index is 13.7. The van der Waals surface area contributed by atoms with Gasteiger partial charge in [-0.1, -0.05) is 48.0 Å². The van der Waals surface area contributed by atoms with Gasteiger partial charge in [0.25, 0.3) is 0 Å². The molecule has 0 spiro atoms. The van der Waals surface area contributed by atoms with Gasteiger partial charge in [-0.25, -0.2) is 4.39 Å². The molecule has 3 rings (SSSR count). The number of hydrogen-bond acceptors (Lipinski definition) is 3. The highest BCUT2D eigenvalue weighted by molar-refractivity contribution is 5.92. The highest BCUT2D eigenvalue weighted by atomic mass is 19.1. The van der Waals surface area contributed by atoms with E-state index in [9.17, 15) is 9.18 Å². The van der Waals surface area contributed by atoms with Crippen LogP contribution in [0.2, 0.25) is 0 Å². The standard InChI is InChI=1S/C22H25FN2O2/c1-17-6-8-19(9-7-17)21(16-25-12-14-27-15-13-25)24-22(26)11-10-18-4-2-3-5-20(18)23/h2-11,21H,12-16H2,1H3,(H,24,26)/b11-10+/t21-/m1/s1. The number of morpholine rings is 1. The highest BCUT2D eigenvalue weighted by Crippen LogP contribution is 2.17. The van der Waals surface area contributed by atoms with Gasteiger partial charge in [0.1, 0.15) is 5.82 Å². The number of hydrogen-bond donors (Lipinski definition) is 1. The van der Waals surface area contributed by atoms with Crippen LogP contribution in [0.4, 0.5) is 4.39 Å². The zero-order valence-corrected chi connectivity index (χ0v) is 15.5. The summed E-state index contributed by atoms with van der Waals surface area (Å²) in [5.74, 6) is -0.581. The van der Waals surface area contributed by atoms with E-state index in [4.69, 9.17) is 4.74 Å². The Labute approximate surface area is 159 Å². The van der Waals surface area contributed by atoms with E-state index in [0.717, 1.165) is 18.7 Å². The molecular weight excluding hydrogens is 343 g/mol. The Morgan fingerprint density at radius 1 is 1.19 bits per heavy atom. The van der Waals surface area contributed by atoms with Gasteiger partial charge in [-0.05, 0) is 24.6 Å². The molecule has 0 aromatic heterocycles. The van der Waals surface area contributed by atoms with Gasteiger partial charge in [-0.15, -0.1) is 0 Å². The zero-order valence-electron chi connectivity index (χ0n) is 15.5. The molecule has 1 aliphatic rings. The van der Waals surface area contributed by atoms with E-state index in [1.54, 1.807) is 18.2 Å². The van der Waals surface area contributed by atoms with E-state index >= 15 is 0 Å². The monoisotopic (exact) mass is 368 g/mol. The van der Waals surface area contributed by atoms with Crippen LogP contribution in [0, 0.1) is 12.7 Å². The molecule has 1 heterocycles. The maximum Gasteiger partial charge on any atom is 0.244 e. The molecule has 2 aromatic rings. The summed E-state index contributed by atoms with van der Waals surface area (Å²) in [6.07, 6.45) is 2.89. The third kappa shape index (κ3) is 5.74. The second-order valence-corrected chi connectivity index (χ2v) is 6.74. The second kappa shape index (κ2) is 9.44. The number of ether oxygens (including phenoxy) is 1. The van der Waals surface area contributed by atoms with E-state index in [0.29, 0.717) is 25.3 Å². The number of halogens is 1. The Bertz CT molecular complexity index is 783. The molecule has 0 saturated carbocycles. The molecule has 4 nitrogen and oxygen atoms in total. The van der Waals surface area contributed by atoms with Crippen LogP contribution in [-0.4, -0.2) is 43.7 Å². The summed E-state index contributed by atoms with van der Waals surface area (Å²) in [5.41, 5.74) is 2.63. The molecule has 0 bridgehead atoms. The van der Waals surface area contributed by atoms with Crippen molar-refractivity contribution in [3.63, 3.8) is 0 Å². The summed E-state index contributed by atoms with van der Waals surface area (Å²) in [5, 5.41) is 3.06. The van der Waals surface area contributed by atoms with Crippen molar-refractivity contribution in [1.29, 1.82) is 0 Å². The van der Waals surface area contributed by atoms with Crippen molar-refractivity contribution in [3.8, 4) is 0 Å². The SMILES string of the molecule is Cc1ccc([C@@H](CN2CCOCC2)NC(=O)/C=C/c2ccccc2F)cc1. The van der Waals surface area contributed by atoms with Crippen LogP contribution >= 0.6 is 0 Å². The highest BCUT2D eigenvalue weighted by Gasteiger charge is 2.19. The van der Waals surface area contributed by atoms with Gasteiger partial charge >= 0.3 is 0 Å². The van der Waals surface area contributed by atoms with Crippen LogP contribution in [0.3, 0.4) is 0 Å². The summed E-state index contributed by atoms with van der Waals surface area (Å²) in [7, 11) is 0. The predicted molar refractivity (Wildman–Crippen MR) is 105 cm³/mol. The van der Waals surface area contributed by atoms with Crippen LogP contribution in [0.25, 0.3) is 6.08 Å². The Morgan fingerprint density at radius 3 is 2.59 bits per heavy atom. The lowest BCUT2D eigenvalue weighted by molar-refractivity contribution is -0.117. The van der Waals surface area contributed by atoms with E-state index in [1.165, 1.54) is 23.8 Å². The number of carbonyl (C=O) groups is 1. The molecule has 1 fully saturated rings. The largest absolute Gasteiger partial charge is 0.379 e. The van der Waals surface area contributed by atoms with Gasteiger partial charge in [0.2, 0.25) is 5.91 Å². The van der Waals surface area contributed by atoms with Gasteiger partial charge in [-0.3, -0.25) is 9.69 Å². The van der Waals surface area contributed by atoms with Crippen molar-refractivity contribution in [2.75, 3.05) is 32.8 Å².